The van der Waals surface area contributed by atoms with E-state index in [4.69, 9.17) is 5.73 Å². The number of rotatable bonds is 7. The summed E-state index contributed by atoms with van der Waals surface area (Å²) in [5.41, 5.74) is 6.65. The molecule has 100 valence electrons. The number of aryl methyl sites for hydroxylation is 1. The van der Waals surface area contributed by atoms with E-state index in [2.05, 4.69) is 6.92 Å². The van der Waals surface area contributed by atoms with Crippen molar-refractivity contribution in [3.63, 3.8) is 0 Å². The van der Waals surface area contributed by atoms with Gasteiger partial charge in [-0.25, -0.2) is 4.39 Å². The van der Waals surface area contributed by atoms with Crippen molar-refractivity contribution in [2.24, 2.45) is 11.7 Å². The van der Waals surface area contributed by atoms with E-state index >= 15 is 0 Å². The minimum atomic E-state index is -0.419. The molecule has 0 heterocycles. The Hall–Kier alpha value is -1.22. The van der Waals surface area contributed by atoms with Crippen molar-refractivity contribution in [3.05, 3.63) is 35.1 Å². The number of hydrogen-bond acceptors (Lipinski definition) is 2. The molecule has 1 rings (SSSR count). The van der Waals surface area contributed by atoms with Gasteiger partial charge in [-0.05, 0) is 44.4 Å². The first kappa shape index (κ1) is 14.8. The van der Waals surface area contributed by atoms with Crippen LogP contribution in [0.3, 0.4) is 0 Å². The molecule has 1 unspecified atom stereocenters. The number of nitrogens with two attached hydrogens (primary N) is 1. The van der Waals surface area contributed by atoms with Gasteiger partial charge in [0.1, 0.15) is 5.82 Å². The smallest absolute Gasteiger partial charge is 0.165 e. The summed E-state index contributed by atoms with van der Waals surface area (Å²) >= 11 is 0. The lowest BCUT2D eigenvalue weighted by Crippen LogP contribution is -2.11. The summed E-state index contributed by atoms with van der Waals surface area (Å²) in [7, 11) is 0. The third kappa shape index (κ3) is 4.22. The Morgan fingerprint density at radius 1 is 1.39 bits per heavy atom. The molecule has 0 saturated carbocycles. The summed E-state index contributed by atoms with van der Waals surface area (Å²) in [6.45, 7) is 4.60. The van der Waals surface area contributed by atoms with Crippen molar-refractivity contribution in [1.29, 1.82) is 0 Å². The number of hydrogen-bond donors (Lipinski definition) is 1. The average molecular weight is 251 g/mol. The maximum atomic E-state index is 13.5. The molecule has 1 atom stereocenters. The van der Waals surface area contributed by atoms with Gasteiger partial charge in [-0.3, -0.25) is 4.79 Å². The summed E-state index contributed by atoms with van der Waals surface area (Å²) < 4.78 is 13.5. The molecule has 3 heteroatoms. The van der Waals surface area contributed by atoms with Crippen molar-refractivity contribution in [3.8, 4) is 0 Å². The van der Waals surface area contributed by atoms with Crippen LogP contribution in [-0.4, -0.2) is 12.3 Å². The van der Waals surface area contributed by atoms with Crippen LogP contribution < -0.4 is 5.73 Å². The van der Waals surface area contributed by atoms with Crippen molar-refractivity contribution in [2.75, 3.05) is 6.54 Å². The van der Waals surface area contributed by atoms with Crippen LogP contribution in [0.4, 0.5) is 4.39 Å². The fraction of sp³-hybridized carbons (Fsp3) is 0.533. The van der Waals surface area contributed by atoms with Gasteiger partial charge < -0.3 is 5.73 Å². The predicted octanol–water partition coefficient (Wildman–Crippen LogP) is 3.47. The average Bonchev–Trinajstić information content (AvgIpc) is 2.37. The highest BCUT2D eigenvalue weighted by Crippen LogP contribution is 2.18. The van der Waals surface area contributed by atoms with Crippen LogP contribution >= 0.6 is 0 Å². The second-order valence-corrected chi connectivity index (χ2v) is 4.80. The molecule has 0 fully saturated rings. The van der Waals surface area contributed by atoms with Crippen molar-refractivity contribution >= 4 is 5.78 Å². The summed E-state index contributed by atoms with van der Waals surface area (Å²) in [5, 5.41) is 0. The van der Waals surface area contributed by atoms with Crippen LogP contribution in [0, 0.1) is 18.7 Å². The lowest BCUT2D eigenvalue weighted by atomic mass is 9.93. The molecule has 18 heavy (non-hydrogen) atoms. The Bertz CT molecular complexity index is 403. The minimum Gasteiger partial charge on any atom is -0.330 e. The molecule has 2 nitrogen and oxygen atoms in total. The zero-order valence-corrected chi connectivity index (χ0v) is 11.2. The Morgan fingerprint density at radius 2 is 2.11 bits per heavy atom. The quantitative estimate of drug-likeness (QED) is 0.754. The van der Waals surface area contributed by atoms with Crippen molar-refractivity contribution in [1.82, 2.24) is 0 Å². The normalized spacial score (nSPS) is 12.4. The van der Waals surface area contributed by atoms with Gasteiger partial charge in [-0.1, -0.05) is 25.0 Å². The maximum Gasteiger partial charge on any atom is 0.165 e. The largest absolute Gasteiger partial charge is 0.330 e. The zero-order chi connectivity index (χ0) is 13.5. The summed E-state index contributed by atoms with van der Waals surface area (Å²) in [6, 6.07) is 4.66. The molecule has 0 aliphatic rings. The monoisotopic (exact) mass is 251 g/mol. The Kier molecular flexibility index (Phi) is 5.99. The lowest BCUT2D eigenvalue weighted by molar-refractivity contribution is 0.0968. The first-order valence-electron chi connectivity index (χ1n) is 6.57. The van der Waals surface area contributed by atoms with Gasteiger partial charge in [0, 0.05) is 6.42 Å². The Labute approximate surface area is 108 Å². The highest BCUT2D eigenvalue weighted by atomic mass is 19.1. The van der Waals surface area contributed by atoms with Crippen LogP contribution in [-0.2, 0) is 0 Å². The van der Waals surface area contributed by atoms with Crippen LogP contribution in [0.15, 0.2) is 18.2 Å². The molecular weight excluding hydrogens is 229 g/mol. The third-order valence-corrected chi connectivity index (χ3v) is 3.35. The summed E-state index contributed by atoms with van der Waals surface area (Å²) in [4.78, 5) is 12.0. The predicted molar refractivity (Wildman–Crippen MR) is 72.2 cm³/mol. The SMILES string of the molecule is CCC(CCN)CCC(=O)c1cc(C)ccc1F. The van der Waals surface area contributed by atoms with Crippen molar-refractivity contribution < 1.29 is 9.18 Å². The number of carbonyl (C=O) groups is 1. The van der Waals surface area contributed by atoms with Crippen LogP contribution in [0.2, 0.25) is 0 Å². The molecule has 0 aliphatic heterocycles. The lowest BCUT2D eigenvalue weighted by Gasteiger charge is -2.13. The topological polar surface area (TPSA) is 43.1 Å². The van der Waals surface area contributed by atoms with E-state index in [1.165, 1.54) is 6.07 Å². The highest BCUT2D eigenvalue weighted by molar-refractivity contribution is 5.96. The van der Waals surface area contributed by atoms with Crippen LogP contribution in [0.1, 0.15) is 48.5 Å². The molecular formula is C15H22FNO. The van der Waals surface area contributed by atoms with E-state index in [0.29, 0.717) is 18.9 Å². The first-order valence-corrected chi connectivity index (χ1v) is 6.57. The molecule has 2 N–H and O–H groups in total. The second-order valence-electron chi connectivity index (χ2n) is 4.80. The summed E-state index contributed by atoms with van der Waals surface area (Å²) in [6.07, 6.45) is 3.14. The van der Waals surface area contributed by atoms with Gasteiger partial charge in [-0.2, -0.15) is 0 Å². The third-order valence-electron chi connectivity index (χ3n) is 3.35. The van der Waals surface area contributed by atoms with E-state index in [-0.39, 0.29) is 11.3 Å². The molecule has 0 radical (unpaired) electrons. The van der Waals surface area contributed by atoms with Gasteiger partial charge >= 0.3 is 0 Å². The standard InChI is InChI=1S/C15H22FNO/c1-3-12(8-9-17)5-7-15(18)13-10-11(2)4-6-14(13)16/h4,6,10,12H,3,5,7-9,17H2,1-2H3. The number of Topliss-reactive ketones (excluding diaryl/α,β-unsaturated/α-hetero) is 1. The number of halogens is 1. The molecule has 0 bridgehead atoms. The molecule has 0 aliphatic carbocycles. The van der Waals surface area contributed by atoms with Crippen LogP contribution in [0.5, 0.6) is 0 Å². The van der Waals surface area contributed by atoms with E-state index in [1.54, 1.807) is 12.1 Å². The van der Waals surface area contributed by atoms with Gasteiger partial charge in [0.15, 0.2) is 5.78 Å². The van der Waals surface area contributed by atoms with E-state index < -0.39 is 5.82 Å². The maximum absolute atomic E-state index is 13.5. The highest BCUT2D eigenvalue weighted by Gasteiger charge is 2.14. The summed E-state index contributed by atoms with van der Waals surface area (Å²) in [5.74, 6) is -0.0593. The number of ketones is 1. The van der Waals surface area contributed by atoms with Gasteiger partial charge in [-0.15, -0.1) is 0 Å². The molecule has 1 aromatic carbocycles. The molecule has 0 amide bonds. The van der Waals surface area contributed by atoms with Crippen LogP contribution in [0.25, 0.3) is 0 Å². The minimum absolute atomic E-state index is 0.105. The number of carbonyl (C=O) groups excluding carboxylic acids is 1. The van der Waals surface area contributed by atoms with E-state index in [1.807, 2.05) is 6.92 Å². The second kappa shape index (κ2) is 7.27. The van der Waals surface area contributed by atoms with Gasteiger partial charge in [0.25, 0.3) is 0 Å². The van der Waals surface area contributed by atoms with Gasteiger partial charge in [0.05, 0.1) is 5.56 Å². The molecule has 0 spiro atoms. The first-order chi connectivity index (χ1) is 8.58. The Morgan fingerprint density at radius 3 is 2.72 bits per heavy atom. The number of benzene rings is 1. The van der Waals surface area contributed by atoms with Crippen molar-refractivity contribution in [2.45, 2.75) is 39.5 Å². The Balaban J connectivity index is 2.62. The van der Waals surface area contributed by atoms with E-state index in [0.717, 1.165) is 24.8 Å². The van der Waals surface area contributed by atoms with E-state index in [9.17, 15) is 9.18 Å². The zero-order valence-electron chi connectivity index (χ0n) is 11.2. The fourth-order valence-electron chi connectivity index (χ4n) is 2.11. The molecule has 0 saturated heterocycles. The fourth-order valence-corrected chi connectivity index (χ4v) is 2.11. The molecule has 0 aromatic heterocycles. The van der Waals surface area contributed by atoms with Gasteiger partial charge in [0.2, 0.25) is 0 Å². The molecule has 1 aromatic rings.